The number of ether oxygens (including phenoxy) is 1. The Bertz CT molecular complexity index is 265. The van der Waals surface area contributed by atoms with Gasteiger partial charge in [-0.15, -0.1) is 0 Å². The summed E-state index contributed by atoms with van der Waals surface area (Å²) >= 11 is 3.42. The van der Waals surface area contributed by atoms with Crippen molar-refractivity contribution in [2.75, 3.05) is 7.11 Å². The highest BCUT2D eigenvalue weighted by Gasteiger charge is 2.03. The van der Waals surface area contributed by atoms with Crippen LogP contribution in [0.15, 0.2) is 22.7 Å². The van der Waals surface area contributed by atoms with Crippen molar-refractivity contribution in [2.45, 2.75) is 6.54 Å². The molecule has 0 unspecified atom stereocenters. The molecule has 66 valence electrons. The maximum Gasteiger partial charge on any atom is 0.133 e. The Morgan fingerprint density at radius 3 is 2.92 bits per heavy atom. The highest BCUT2D eigenvalue weighted by molar-refractivity contribution is 9.10. The number of nitrogens with one attached hydrogen (secondary N) is 1. The third kappa shape index (κ3) is 1.97. The minimum absolute atomic E-state index is 0.623. The van der Waals surface area contributed by atoms with Gasteiger partial charge in [-0.1, -0.05) is 12.1 Å². The van der Waals surface area contributed by atoms with Crippen LogP contribution in [0.5, 0.6) is 5.75 Å². The number of methoxy groups -OCH3 is 1. The molecule has 0 amide bonds. The van der Waals surface area contributed by atoms with Crippen molar-refractivity contribution in [3.63, 3.8) is 0 Å². The summed E-state index contributed by atoms with van der Waals surface area (Å²) < 4.78 is 6.07. The fourth-order valence-electron chi connectivity index (χ4n) is 0.960. The average Bonchev–Trinajstić information content (AvgIpc) is 2.09. The first kappa shape index (κ1) is 9.51. The molecule has 0 aliphatic heterocycles. The first-order chi connectivity index (χ1) is 5.79. The summed E-state index contributed by atoms with van der Waals surface area (Å²) in [7, 11) is 1.64. The number of benzene rings is 1. The van der Waals surface area contributed by atoms with Gasteiger partial charge in [-0.25, -0.2) is 0 Å². The van der Waals surface area contributed by atoms with Crippen molar-refractivity contribution in [2.24, 2.45) is 5.84 Å². The lowest BCUT2D eigenvalue weighted by Crippen LogP contribution is -2.21. The maximum absolute atomic E-state index is 5.21. The minimum Gasteiger partial charge on any atom is -0.496 e. The van der Waals surface area contributed by atoms with Crippen molar-refractivity contribution in [1.29, 1.82) is 0 Å². The van der Waals surface area contributed by atoms with E-state index < -0.39 is 0 Å². The van der Waals surface area contributed by atoms with Crippen molar-refractivity contribution >= 4 is 15.9 Å². The van der Waals surface area contributed by atoms with Crippen LogP contribution < -0.4 is 16.0 Å². The largest absolute Gasteiger partial charge is 0.496 e. The molecule has 0 atom stereocenters. The van der Waals surface area contributed by atoms with Crippen molar-refractivity contribution < 1.29 is 4.74 Å². The van der Waals surface area contributed by atoms with Gasteiger partial charge in [0.05, 0.1) is 11.6 Å². The van der Waals surface area contributed by atoms with Gasteiger partial charge < -0.3 is 4.74 Å². The lowest BCUT2D eigenvalue weighted by Gasteiger charge is -2.07. The van der Waals surface area contributed by atoms with E-state index >= 15 is 0 Å². The van der Waals surface area contributed by atoms with E-state index in [0.29, 0.717) is 6.54 Å². The molecule has 0 saturated carbocycles. The van der Waals surface area contributed by atoms with Crippen molar-refractivity contribution in [3.05, 3.63) is 28.2 Å². The Hall–Kier alpha value is -0.580. The third-order valence-electron chi connectivity index (χ3n) is 1.56. The molecule has 0 saturated heterocycles. The molecule has 0 spiro atoms. The summed E-state index contributed by atoms with van der Waals surface area (Å²) in [6.45, 7) is 0.623. The fourth-order valence-corrected chi connectivity index (χ4v) is 1.53. The van der Waals surface area contributed by atoms with Gasteiger partial charge in [0.25, 0.3) is 0 Å². The predicted octanol–water partition coefficient (Wildman–Crippen LogP) is 1.42. The molecule has 1 aromatic carbocycles. The Labute approximate surface area is 80.0 Å². The molecule has 1 aromatic rings. The van der Waals surface area contributed by atoms with Gasteiger partial charge in [-0.05, 0) is 27.6 Å². The molecule has 0 aliphatic rings. The average molecular weight is 231 g/mol. The third-order valence-corrected chi connectivity index (χ3v) is 2.46. The molecule has 0 bridgehead atoms. The summed E-state index contributed by atoms with van der Waals surface area (Å²) in [5.41, 5.74) is 3.67. The summed E-state index contributed by atoms with van der Waals surface area (Å²) in [5, 5.41) is 0. The normalized spacial score (nSPS) is 9.92. The Kier molecular flexibility index (Phi) is 3.52. The monoisotopic (exact) mass is 230 g/mol. The van der Waals surface area contributed by atoms with E-state index in [1.807, 2.05) is 18.2 Å². The van der Waals surface area contributed by atoms with Gasteiger partial charge in [-0.2, -0.15) is 0 Å². The van der Waals surface area contributed by atoms with Crippen LogP contribution in [0.25, 0.3) is 0 Å². The van der Waals surface area contributed by atoms with Crippen LogP contribution in [0.4, 0.5) is 0 Å². The topological polar surface area (TPSA) is 47.3 Å². The second-order valence-corrected chi connectivity index (χ2v) is 3.11. The number of rotatable bonds is 3. The molecule has 4 heteroatoms. The number of hydrazine groups is 1. The molecule has 12 heavy (non-hydrogen) atoms. The highest BCUT2D eigenvalue weighted by atomic mass is 79.9. The van der Waals surface area contributed by atoms with Crippen LogP contribution in [0.2, 0.25) is 0 Å². The summed E-state index contributed by atoms with van der Waals surface area (Å²) in [4.78, 5) is 0. The molecular weight excluding hydrogens is 220 g/mol. The van der Waals surface area contributed by atoms with E-state index in [0.717, 1.165) is 15.8 Å². The standard InChI is InChI=1S/C8H11BrN2O/c1-12-7-4-2-3-6(5-11-10)8(7)9/h2-4,11H,5,10H2,1H3. The van der Waals surface area contributed by atoms with Gasteiger partial charge in [0.1, 0.15) is 5.75 Å². The smallest absolute Gasteiger partial charge is 0.133 e. The van der Waals surface area contributed by atoms with Crippen LogP contribution in [0.1, 0.15) is 5.56 Å². The number of hydrogen-bond acceptors (Lipinski definition) is 3. The summed E-state index contributed by atoms with van der Waals surface area (Å²) in [6.07, 6.45) is 0. The van der Waals surface area contributed by atoms with Gasteiger partial charge in [0.15, 0.2) is 0 Å². The zero-order chi connectivity index (χ0) is 8.97. The molecule has 3 N–H and O–H groups in total. The first-order valence-electron chi connectivity index (χ1n) is 3.54. The fraction of sp³-hybridized carbons (Fsp3) is 0.250. The number of hydrogen-bond donors (Lipinski definition) is 2. The molecule has 0 aliphatic carbocycles. The number of nitrogens with two attached hydrogens (primary N) is 1. The minimum atomic E-state index is 0.623. The molecule has 3 nitrogen and oxygen atoms in total. The van der Waals surface area contributed by atoms with Crippen molar-refractivity contribution in [3.8, 4) is 5.75 Å². The van der Waals surface area contributed by atoms with Crippen LogP contribution in [-0.2, 0) is 6.54 Å². The molecule has 0 heterocycles. The Morgan fingerprint density at radius 1 is 1.58 bits per heavy atom. The van der Waals surface area contributed by atoms with Crippen LogP contribution in [0.3, 0.4) is 0 Å². The Balaban J connectivity index is 2.97. The van der Waals surface area contributed by atoms with E-state index in [1.165, 1.54) is 0 Å². The molecule has 0 aromatic heterocycles. The second kappa shape index (κ2) is 4.45. The number of halogens is 1. The van der Waals surface area contributed by atoms with Crippen LogP contribution in [-0.4, -0.2) is 7.11 Å². The Morgan fingerprint density at radius 2 is 2.33 bits per heavy atom. The quantitative estimate of drug-likeness (QED) is 0.610. The summed E-state index contributed by atoms with van der Waals surface area (Å²) in [5.74, 6) is 6.03. The van der Waals surface area contributed by atoms with E-state index in [1.54, 1.807) is 7.11 Å². The molecular formula is C8H11BrN2O. The second-order valence-electron chi connectivity index (χ2n) is 2.31. The van der Waals surface area contributed by atoms with Gasteiger partial charge in [0.2, 0.25) is 0 Å². The lowest BCUT2D eigenvalue weighted by atomic mass is 10.2. The first-order valence-corrected chi connectivity index (χ1v) is 4.33. The molecule has 0 radical (unpaired) electrons. The lowest BCUT2D eigenvalue weighted by molar-refractivity contribution is 0.411. The van der Waals surface area contributed by atoms with Gasteiger partial charge in [0, 0.05) is 6.54 Å². The maximum atomic E-state index is 5.21. The predicted molar refractivity (Wildman–Crippen MR) is 51.7 cm³/mol. The highest BCUT2D eigenvalue weighted by Crippen LogP contribution is 2.27. The molecule has 0 fully saturated rings. The van der Waals surface area contributed by atoms with Crippen LogP contribution >= 0.6 is 15.9 Å². The SMILES string of the molecule is COc1cccc(CNN)c1Br. The van der Waals surface area contributed by atoms with Gasteiger partial charge in [-0.3, -0.25) is 11.3 Å². The van der Waals surface area contributed by atoms with E-state index in [-0.39, 0.29) is 0 Å². The zero-order valence-electron chi connectivity index (χ0n) is 6.80. The van der Waals surface area contributed by atoms with Gasteiger partial charge >= 0.3 is 0 Å². The van der Waals surface area contributed by atoms with Crippen LogP contribution in [0, 0.1) is 0 Å². The van der Waals surface area contributed by atoms with E-state index in [4.69, 9.17) is 10.6 Å². The zero-order valence-corrected chi connectivity index (χ0v) is 8.39. The van der Waals surface area contributed by atoms with Crippen molar-refractivity contribution in [1.82, 2.24) is 5.43 Å². The summed E-state index contributed by atoms with van der Waals surface area (Å²) in [6, 6.07) is 5.80. The van der Waals surface area contributed by atoms with E-state index in [2.05, 4.69) is 21.4 Å². The molecule has 1 rings (SSSR count). The van der Waals surface area contributed by atoms with E-state index in [9.17, 15) is 0 Å².